The summed E-state index contributed by atoms with van der Waals surface area (Å²) in [6.45, 7) is 3.25. The summed E-state index contributed by atoms with van der Waals surface area (Å²) < 4.78 is 0.471. The van der Waals surface area contributed by atoms with Crippen molar-refractivity contribution in [3.05, 3.63) is 33.7 Å². The van der Waals surface area contributed by atoms with E-state index in [2.05, 4.69) is 5.32 Å². The second-order valence-electron chi connectivity index (χ2n) is 4.02. The van der Waals surface area contributed by atoms with E-state index in [0.29, 0.717) is 4.73 Å². The number of hydrogen-bond donors (Lipinski definition) is 2. The van der Waals surface area contributed by atoms with Gasteiger partial charge < -0.3 is 10.3 Å². The SMILES string of the molecule is CC(C)(O)CNc1cc([N+](=O)[O-])cc[n+]1[O-]. The van der Waals surface area contributed by atoms with Gasteiger partial charge in [0.25, 0.3) is 11.5 Å². The number of hydrogen-bond acceptors (Lipinski definition) is 5. The van der Waals surface area contributed by atoms with E-state index < -0.39 is 10.5 Å². The summed E-state index contributed by atoms with van der Waals surface area (Å²) in [5.74, 6) is 0.0383. The van der Waals surface area contributed by atoms with Crippen LogP contribution in [0.4, 0.5) is 11.5 Å². The highest BCUT2D eigenvalue weighted by molar-refractivity contribution is 5.40. The first-order valence-corrected chi connectivity index (χ1v) is 4.63. The first kappa shape index (κ1) is 12.2. The smallest absolute Gasteiger partial charge is 0.284 e. The van der Waals surface area contributed by atoms with Crippen LogP contribution >= 0.6 is 0 Å². The highest BCUT2D eigenvalue weighted by Crippen LogP contribution is 2.13. The number of aliphatic hydroxyl groups is 1. The Labute approximate surface area is 92.1 Å². The number of nitrogens with one attached hydrogen (secondary N) is 1. The zero-order chi connectivity index (χ0) is 12.3. The van der Waals surface area contributed by atoms with E-state index >= 15 is 0 Å². The minimum Gasteiger partial charge on any atom is -0.711 e. The van der Waals surface area contributed by atoms with Gasteiger partial charge in [-0.2, -0.15) is 0 Å². The normalized spacial score (nSPS) is 11.2. The van der Waals surface area contributed by atoms with Gasteiger partial charge in [0.15, 0.2) is 0 Å². The molecule has 0 amide bonds. The summed E-state index contributed by atoms with van der Waals surface area (Å²) in [4.78, 5) is 9.89. The Kier molecular flexibility index (Phi) is 3.28. The van der Waals surface area contributed by atoms with Crippen molar-refractivity contribution in [1.82, 2.24) is 0 Å². The monoisotopic (exact) mass is 227 g/mol. The van der Waals surface area contributed by atoms with Crippen LogP contribution < -0.4 is 10.0 Å². The van der Waals surface area contributed by atoms with Crippen LogP contribution in [0.5, 0.6) is 0 Å². The lowest BCUT2D eigenvalue weighted by Gasteiger charge is -2.16. The summed E-state index contributed by atoms with van der Waals surface area (Å²) in [7, 11) is 0. The molecule has 0 saturated carbocycles. The van der Waals surface area contributed by atoms with Gasteiger partial charge in [0, 0.05) is 0 Å². The molecule has 88 valence electrons. The van der Waals surface area contributed by atoms with Crippen molar-refractivity contribution in [2.45, 2.75) is 19.4 Å². The maximum atomic E-state index is 11.3. The lowest BCUT2D eigenvalue weighted by Crippen LogP contribution is -2.36. The van der Waals surface area contributed by atoms with Gasteiger partial charge in [-0.1, -0.05) is 0 Å². The van der Waals surface area contributed by atoms with Crippen molar-refractivity contribution < 1.29 is 14.8 Å². The van der Waals surface area contributed by atoms with E-state index in [9.17, 15) is 20.4 Å². The molecular formula is C9H13N3O4. The zero-order valence-electron chi connectivity index (χ0n) is 9.01. The van der Waals surface area contributed by atoms with Crippen molar-refractivity contribution in [3.8, 4) is 0 Å². The first-order valence-electron chi connectivity index (χ1n) is 4.63. The molecule has 0 spiro atoms. The molecule has 0 atom stereocenters. The van der Waals surface area contributed by atoms with Crippen LogP contribution in [0.1, 0.15) is 13.8 Å². The molecule has 16 heavy (non-hydrogen) atoms. The van der Waals surface area contributed by atoms with Gasteiger partial charge in [-0.25, -0.2) is 4.73 Å². The summed E-state index contributed by atoms with van der Waals surface area (Å²) in [6, 6.07) is 2.24. The van der Waals surface area contributed by atoms with E-state index in [-0.39, 0.29) is 18.1 Å². The van der Waals surface area contributed by atoms with Gasteiger partial charge in [0.05, 0.1) is 16.6 Å². The van der Waals surface area contributed by atoms with Crippen LogP contribution in [0.2, 0.25) is 0 Å². The van der Waals surface area contributed by atoms with Crippen molar-refractivity contribution >= 4 is 11.5 Å². The fourth-order valence-electron chi connectivity index (χ4n) is 1.03. The average molecular weight is 227 g/mol. The summed E-state index contributed by atoms with van der Waals surface area (Å²) in [6.07, 6.45) is 1.05. The maximum Gasteiger partial charge on any atom is 0.284 e. The lowest BCUT2D eigenvalue weighted by molar-refractivity contribution is -0.591. The molecule has 7 heteroatoms. The van der Waals surface area contributed by atoms with Crippen LogP contribution in [0, 0.1) is 15.3 Å². The molecular weight excluding hydrogens is 214 g/mol. The number of anilines is 1. The third-order valence-corrected chi connectivity index (χ3v) is 1.82. The molecule has 0 radical (unpaired) electrons. The number of nitro groups is 1. The Hall–Kier alpha value is -1.89. The predicted octanol–water partition coefficient (Wildman–Crippen LogP) is 0.411. The highest BCUT2D eigenvalue weighted by Gasteiger charge is 2.18. The second-order valence-corrected chi connectivity index (χ2v) is 4.02. The van der Waals surface area contributed by atoms with Gasteiger partial charge in [-0.3, -0.25) is 15.4 Å². The molecule has 1 aromatic heterocycles. The zero-order valence-corrected chi connectivity index (χ0v) is 9.01. The molecule has 0 bridgehead atoms. The Balaban J connectivity index is 2.86. The van der Waals surface area contributed by atoms with Gasteiger partial charge in [-0.05, 0) is 13.8 Å². The van der Waals surface area contributed by atoms with Crippen LogP contribution in [-0.2, 0) is 0 Å². The molecule has 1 rings (SSSR count). The van der Waals surface area contributed by atoms with E-state index in [1.165, 1.54) is 0 Å². The molecule has 1 aromatic rings. The fraction of sp³-hybridized carbons (Fsp3) is 0.444. The molecule has 0 aliphatic carbocycles. The second kappa shape index (κ2) is 4.31. The third kappa shape index (κ3) is 3.35. The van der Waals surface area contributed by atoms with E-state index in [4.69, 9.17) is 0 Å². The minimum absolute atomic E-state index is 0.0383. The number of aromatic nitrogens is 1. The van der Waals surface area contributed by atoms with Gasteiger partial charge in [0.1, 0.15) is 18.8 Å². The van der Waals surface area contributed by atoms with Crippen molar-refractivity contribution in [1.29, 1.82) is 0 Å². The topological polar surface area (TPSA) is 102 Å². The Morgan fingerprint density at radius 3 is 2.75 bits per heavy atom. The largest absolute Gasteiger partial charge is 0.711 e. The third-order valence-electron chi connectivity index (χ3n) is 1.82. The van der Waals surface area contributed by atoms with Crippen LogP contribution in [0.3, 0.4) is 0 Å². The van der Waals surface area contributed by atoms with E-state index in [1.807, 2.05) is 0 Å². The predicted molar refractivity (Wildman–Crippen MR) is 56.8 cm³/mol. The quantitative estimate of drug-likeness (QED) is 0.335. The van der Waals surface area contributed by atoms with Crippen molar-refractivity contribution in [3.63, 3.8) is 0 Å². The molecule has 0 unspecified atom stereocenters. The molecule has 1 heterocycles. The van der Waals surface area contributed by atoms with Crippen LogP contribution in [0.25, 0.3) is 0 Å². The molecule has 0 aliphatic rings. The lowest BCUT2D eigenvalue weighted by atomic mass is 10.1. The highest BCUT2D eigenvalue weighted by atomic mass is 16.6. The standard InChI is InChI=1S/C9H13N3O4/c1-9(2,13)6-10-8-5-7(12(15)16)3-4-11(8)14/h3-5,10,13H,6H2,1-2H3. The fourth-order valence-corrected chi connectivity index (χ4v) is 1.03. The summed E-state index contributed by atoms with van der Waals surface area (Å²) in [5.41, 5.74) is -1.18. The van der Waals surface area contributed by atoms with Gasteiger partial charge in [0.2, 0.25) is 0 Å². The number of rotatable bonds is 4. The van der Waals surface area contributed by atoms with Crippen molar-refractivity contribution in [2.24, 2.45) is 0 Å². The average Bonchev–Trinajstić information content (AvgIpc) is 2.14. The molecule has 0 fully saturated rings. The summed E-state index contributed by atoms with van der Waals surface area (Å²) in [5, 5.41) is 33.8. The van der Waals surface area contributed by atoms with E-state index in [0.717, 1.165) is 18.3 Å². The Morgan fingerprint density at radius 2 is 2.25 bits per heavy atom. The summed E-state index contributed by atoms with van der Waals surface area (Å²) >= 11 is 0. The van der Waals surface area contributed by atoms with E-state index in [1.54, 1.807) is 13.8 Å². The van der Waals surface area contributed by atoms with Crippen molar-refractivity contribution in [2.75, 3.05) is 11.9 Å². The Morgan fingerprint density at radius 1 is 1.62 bits per heavy atom. The molecule has 0 aliphatic heterocycles. The number of pyridine rings is 1. The molecule has 0 aromatic carbocycles. The Bertz CT molecular complexity index is 400. The maximum absolute atomic E-state index is 11.3. The van der Waals surface area contributed by atoms with Crippen LogP contribution in [-0.4, -0.2) is 22.2 Å². The van der Waals surface area contributed by atoms with Crippen LogP contribution in [0.15, 0.2) is 18.3 Å². The van der Waals surface area contributed by atoms with Gasteiger partial charge in [-0.15, -0.1) is 0 Å². The molecule has 2 N–H and O–H groups in total. The van der Waals surface area contributed by atoms with Gasteiger partial charge >= 0.3 is 0 Å². The molecule has 0 saturated heterocycles. The first-order chi connectivity index (χ1) is 7.29. The minimum atomic E-state index is -1.00. The number of nitrogens with zero attached hydrogens (tertiary/aromatic N) is 2. The molecule has 7 nitrogen and oxygen atoms in total.